The van der Waals surface area contributed by atoms with Gasteiger partial charge in [-0.05, 0) is 34.1 Å². The summed E-state index contributed by atoms with van der Waals surface area (Å²) in [4.78, 5) is 11.6. The third-order valence-corrected chi connectivity index (χ3v) is 2.87. The molecule has 1 atom stereocenters. The van der Waals surface area contributed by atoms with Gasteiger partial charge in [-0.1, -0.05) is 0 Å². The minimum absolute atomic E-state index is 0.164. The molecule has 0 spiro atoms. The van der Waals surface area contributed by atoms with E-state index in [0.717, 1.165) is 0 Å². The van der Waals surface area contributed by atoms with E-state index in [9.17, 15) is 9.18 Å². The Hall–Kier alpha value is -0.980. The highest BCUT2D eigenvalue weighted by molar-refractivity contribution is 9.10. The summed E-state index contributed by atoms with van der Waals surface area (Å²) in [7, 11) is 1.50. The summed E-state index contributed by atoms with van der Waals surface area (Å²) in [5.74, 6) is -0.596. The fourth-order valence-corrected chi connectivity index (χ4v) is 1.71. The predicted octanol–water partition coefficient (Wildman–Crippen LogP) is 1.89. The zero-order valence-corrected chi connectivity index (χ0v) is 11.0. The summed E-state index contributed by atoms with van der Waals surface area (Å²) in [6.45, 7) is 0.272. The molecular formula is C11H14BrFN2O2. The lowest BCUT2D eigenvalue weighted by molar-refractivity contribution is -0.118. The Balaban J connectivity index is 2.62. The number of halogens is 2. The van der Waals surface area contributed by atoms with Crippen molar-refractivity contribution in [3.05, 3.63) is 28.5 Å². The van der Waals surface area contributed by atoms with Crippen LogP contribution in [0.2, 0.25) is 0 Å². The van der Waals surface area contributed by atoms with E-state index in [2.05, 4.69) is 21.2 Å². The van der Waals surface area contributed by atoms with E-state index in [4.69, 9.17) is 10.5 Å². The average Bonchev–Trinajstić information content (AvgIpc) is 2.29. The number of nitrogens with one attached hydrogen (secondary N) is 1. The van der Waals surface area contributed by atoms with Crippen LogP contribution in [0, 0.1) is 5.82 Å². The molecule has 0 aliphatic carbocycles. The number of amides is 1. The molecule has 4 nitrogen and oxygen atoms in total. The van der Waals surface area contributed by atoms with Crippen molar-refractivity contribution in [3.63, 3.8) is 0 Å². The molecule has 6 heteroatoms. The average molecular weight is 305 g/mol. The van der Waals surface area contributed by atoms with Gasteiger partial charge < -0.3 is 15.8 Å². The Kier molecular flexibility index (Phi) is 5.54. The van der Waals surface area contributed by atoms with Crippen LogP contribution in [0.3, 0.4) is 0 Å². The quantitative estimate of drug-likeness (QED) is 0.873. The van der Waals surface area contributed by atoms with E-state index < -0.39 is 0 Å². The number of hydrogen-bond donors (Lipinski definition) is 2. The lowest BCUT2D eigenvalue weighted by atomic mass is 10.2. The van der Waals surface area contributed by atoms with E-state index in [-0.39, 0.29) is 30.8 Å². The fourth-order valence-electron chi connectivity index (χ4n) is 1.26. The van der Waals surface area contributed by atoms with Crippen LogP contribution < -0.4 is 11.1 Å². The molecule has 0 saturated carbocycles. The number of carbonyl (C=O) groups is 1. The lowest BCUT2D eigenvalue weighted by Crippen LogP contribution is -2.28. The van der Waals surface area contributed by atoms with Gasteiger partial charge in [0.15, 0.2) is 0 Å². The van der Waals surface area contributed by atoms with E-state index >= 15 is 0 Å². The van der Waals surface area contributed by atoms with Gasteiger partial charge in [0.1, 0.15) is 5.82 Å². The number of carbonyl (C=O) groups excluding carboxylic acids is 1. The molecule has 0 saturated heterocycles. The molecule has 3 N–H and O–H groups in total. The van der Waals surface area contributed by atoms with Gasteiger partial charge in [-0.25, -0.2) is 4.39 Å². The monoisotopic (exact) mass is 304 g/mol. The number of rotatable bonds is 5. The van der Waals surface area contributed by atoms with Gasteiger partial charge in [0.25, 0.3) is 0 Å². The van der Waals surface area contributed by atoms with Crippen LogP contribution in [-0.4, -0.2) is 25.7 Å². The van der Waals surface area contributed by atoms with Gasteiger partial charge in [0.05, 0.1) is 18.2 Å². The first-order valence-electron chi connectivity index (χ1n) is 5.04. The van der Waals surface area contributed by atoms with Crippen molar-refractivity contribution in [3.8, 4) is 0 Å². The molecule has 1 rings (SSSR count). The van der Waals surface area contributed by atoms with Crippen LogP contribution in [0.25, 0.3) is 0 Å². The normalized spacial score (nSPS) is 12.2. The molecule has 94 valence electrons. The standard InChI is InChI=1S/C11H14BrFN2O2/c1-17-8(6-14)5-11(16)15-10-3-2-7(13)4-9(10)12/h2-4,8H,5-6,14H2,1H3,(H,15,16). The highest BCUT2D eigenvalue weighted by Gasteiger charge is 2.12. The van der Waals surface area contributed by atoms with Crippen molar-refractivity contribution >= 4 is 27.5 Å². The topological polar surface area (TPSA) is 64.3 Å². The predicted molar refractivity (Wildman–Crippen MR) is 67.2 cm³/mol. The van der Waals surface area contributed by atoms with Crippen LogP contribution >= 0.6 is 15.9 Å². The number of methoxy groups -OCH3 is 1. The minimum Gasteiger partial charge on any atom is -0.380 e. The Bertz CT molecular complexity index is 397. The third-order valence-electron chi connectivity index (χ3n) is 2.21. The molecular weight excluding hydrogens is 291 g/mol. The molecule has 0 bridgehead atoms. The van der Waals surface area contributed by atoms with E-state index in [0.29, 0.717) is 10.2 Å². The molecule has 17 heavy (non-hydrogen) atoms. The molecule has 1 aromatic carbocycles. The highest BCUT2D eigenvalue weighted by atomic mass is 79.9. The molecule has 1 unspecified atom stereocenters. The van der Waals surface area contributed by atoms with Crippen molar-refractivity contribution in [2.45, 2.75) is 12.5 Å². The van der Waals surface area contributed by atoms with E-state index in [1.54, 1.807) is 0 Å². The zero-order chi connectivity index (χ0) is 12.8. The number of hydrogen-bond acceptors (Lipinski definition) is 3. The SMILES string of the molecule is COC(CN)CC(=O)Nc1ccc(F)cc1Br. The van der Waals surface area contributed by atoms with Crippen molar-refractivity contribution < 1.29 is 13.9 Å². The second kappa shape index (κ2) is 6.68. The maximum Gasteiger partial charge on any atom is 0.227 e. The van der Waals surface area contributed by atoms with Gasteiger partial charge in [0.2, 0.25) is 5.91 Å². The van der Waals surface area contributed by atoms with Crippen LogP contribution in [0.15, 0.2) is 22.7 Å². The smallest absolute Gasteiger partial charge is 0.227 e. The Morgan fingerprint density at radius 1 is 1.65 bits per heavy atom. The summed E-state index contributed by atoms with van der Waals surface area (Å²) < 4.78 is 18.3. The van der Waals surface area contributed by atoms with Crippen molar-refractivity contribution in [1.82, 2.24) is 0 Å². The second-order valence-corrected chi connectivity index (χ2v) is 4.32. The first-order chi connectivity index (χ1) is 8.06. The maximum absolute atomic E-state index is 12.8. The fraction of sp³-hybridized carbons (Fsp3) is 0.364. The van der Waals surface area contributed by atoms with Gasteiger partial charge >= 0.3 is 0 Å². The van der Waals surface area contributed by atoms with Gasteiger partial charge in [0, 0.05) is 18.1 Å². The van der Waals surface area contributed by atoms with Crippen LogP contribution in [0.1, 0.15) is 6.42 Å². The molecule has 0 heterocycles. The molecule has 0 aromatic heterocycles. The van der Waals surface area contributed by atoms with Crippen LogP contribution in [0.4, 0.5) is 10.1 Å². The summed E-state index contributed by atoms with van der Waals surface area (Å²) >= 11 is 3.17. The van der Waals surface area contributed by atoms with Crippen molar-refractivity contribution in [2.24, 2.45) is 5.73 Å². The zero-order valence-electron chi connectivity index (χ0n) is 9.37. The Morgan fingerprint density at radius 3 is 2.88 bits per heavy atom. The van der Waals surface area contributed by atoms with Gasteiger partial charge in [-0.2, -0.15) is 0 Å². The summed E-state index contributed by atoms with van der Waals surface area (Å²) in [6.07, 6.45) is -0.147. The number of anilines is 1. The van der Waals surface area contributed by atoms with Crippen molar-refractivity contribution in [2.75, 3.05) is 19.0 Å². The lowest BCUT2D eigenvalue weighted by Gasteiger charge is -2.13. The second-order valence-electron chi connectivity index (χ2n) is 3.47. The van der Waals surface area contributed by atoms with Crippen molar-refractivity contribution in [1.29, 1.82) is 0 Å². The Labute approximate surface area is 107 Å². The number of benzene rings is 1. The summed E-state index contributed by atoms with van der Waals surface area (Å²) in [6, 6.07) is 4.05. The molecule has 0 aliphatic heterocycles. The summed E-state index contributed by atoms with van der Waals surface area (Å²) in [5.41, 5.74) is 5.93. The van der Waals surface area contributed by atoms with E-state index in [1.807, 2.05) is 0 Å². The van der Waals surface area contributed by atoms with Crippen LogP contribution in [-0.2, 0) is 9.53 Å². The Morgan fingerprint density at radius 2 is 2.35 bits per heavy atom. The number of ether oxygens (including phenoxy) is 1. The largest absolute Gasteiger partial charge is 0.380 e. The van der Waals surface area contributed by atoms with Gasteiger partial charge in [-0.3, -0.25) is 4.79 Å². The number of nitrogens with two attached hydrogens (primary N) is 1. The van der Waals surface area contributed by atoms with Crippen LogP contribution in [0.5, 0.6) is 0 Å². The first-order valence-corrected chi connectivity index (χ1v) is 5.84. The molecule has 0 fully saturated rings. The first kappa shape index (κ1) is 14.1. The third kappa shape index (κ3) is 4.41. The molecule has 0 radical (unpaired) electrons. The van der Waals surface area contributed by atoms with Gasteiger partial charge in [-0.15, -0.1) is 0 Å². The summed E-state index contributed by atoms with van der Waals surface area (Å²) in [5, 5.41) is 2.65. The van der Waals surface area contributed by atoms with E-state index in [1.165, 1.54) is 25.3 Å². The molecule has 1 amide bonds. The maximum atomic E-state index is 12.8. The molecule has 0 aliphatic rings. The molecule has 1 aromatic rings. The highest BCUT2D eigenvalue weighted by Crippen LogP contribution is 2.23. The minimum atomic E-state index is -0.369.